The first-order chi connectivity index (χ1) is 14.7. The van der Waals surface area contributed by atoms with E-state index in [2.05, 4.69) is 26.9 Å². The second-order valence-corrected chi connectivity index (χ2v) is 8.09. The predicted octanol–water partition coefficient (Wildman–Crippen LogP) is 4.54. The first-order valence-corrected chi connectivity index (χ1v) is 11.2. The monoisotopic (exact) mass is 483 g/mol. The Morgan fingerprint density at radius 1 is 1.06 bits per heavy atom. The van der Waals surface area contributed by atoms with E-state index in [-0.39, 0.29) is 12.4 Å². The van der Waals surface area contributed by atoms with Crippen LogP contribution in [0.5, 0.6) is 11.5 Å². The molecule has 0 aliphatic carbocycles. The maximum atomic E-state index is 5.96. The largest absolute Gasteiger partial charge is 0.490 e. The van der Waals surface area contributed by atoms with Crippen LogP contribution in [0.4, 0.5) is 0 Å². The molecule has 0 saturated carbocycles. The molecule has 0 fully saturated rings. The Morgan fingerprint density at radius 2 is 1.84 bits per heavy atom. The summed E-state index contributed by atoms with van der Waals surface area (Å²) in [5, 5.41) is 16.5. The first kappa shape index (κ1) is 25.3. The van der Waals surface area contributed by atoms with Gasteiger partial charge in [-0.3, -0.25) is 0 Å². The van der Waals surface area contributed by atoms with E-state index in [1.54, 1.807) is 16.4 Å². The number of hydrogen-bond donors (Lipinski definition) is 1. The molecule has 3 aromatic rings. The second-order valence-electron chi connectivity index (χ2n) is 6.59. The Morgan fingerprint density at radius 3 is 2.55 bits per heavy atom. The molecule has 0 radical (unpaired) electrons. The average molecular weight is 484 g/mol. The maximum Gasteiger partial charge on any atom is 0.209 e. The van der Waals surface area contributed by atoms with Gasteiger partial charge in [0.1, 0.15) is 6.61 Å². The van der Waals surface area contributed by atoms with Crippen LogP contribution in [0.15, 0.2) is 47.6 Å². The molecular weight excluding hydrogens is 457 g/mol. The molecule has 1 N–H and O–H groups in total. The fraction of sp³-hybridized carbons (Fsp3) is 0.381. The summed E-state index contributed by atoms with van der Waals surface area (Å²) in [5.74, 6) is 2.46. The van der Waals surface area contributed by atoms with Gasteiger partial charge in [-0.1, -0.05) is 41.6 Å². The summed E-state index contributed by atoms with van der Waals surface area (Å²) in [6.07, 6.45) is 1.03. The molecule has 0 spiro atoms. The number of nitrogens with one attached hydrogen (secondary N) is 1. The summed E-state index contributed by atoms with van der Waals surface area (Å²) in [6, 6.07) is 13.7. The fourth-order valence-corrected chi connectivity index (χ4v) is 3.64. The Hall–Kier alpha value is -2.00. The molecule has 0 aliphatic rings. The molecule has 0 bridgehead atoms. The molecule has 2 aromatic carbocycles. The van der Waals surface area contributed by atoms with Crippen LogP contribution in [0.3, 0.4) is 0 Å². The minimum atomic E-state index is 0. The van der Waals surface area contributed by atoms with E-state index in [0.29, 0.717) is 13.2 Å². The van der Waals surface area contributed by atoms with Crippen molar-refractivity contribution in [1.29, 1.82) is 0 Å². The Kier molecular flexibility index (Phi) is 10.9. The van der Waals surface area contributed by atoms with Crippen LogP contribution in [0.25, 0.3) is 0 Å². The molecule has 3 rings (SSSR count). The third-order valence-corrected chi connectivity index (χ3v) is 5.60. The third-order valence-electron chi connectivity index (χ3n) is 4.26. The molecule has 168 valence electrons. The van der Waals surface area contributed by atoms with Crippen molar-refractivity contribution >= 4 is 35.8 Å². The van der Waals surface area contributed by atoms with Gasteiger partial charge in [0.25, 0.3) is 0 Å². The van der Waals surface area contributed by atoms with Crippen LogP contribution in [0.2, 0.25) is 5.02 Å². The fourth-order valence-electron chi connectivity index (χ4n) is 2.73. The van der Waals surface area contributed by atoms with Crippen molar-refractivity contribution in [3.05, 3.63) is 58.6 Å². The van der Waals surface area contributed by atoms with E-state index < -0.39 is 0 Å². The van der Waals surface area contributed by atoms with Gasteiger partial charge in [0.15, 0.2) is 11.5 Å². The number of tetrazole rings is 1. The number of thioether (sulfide) groups is 1. The van der Waals surface area contributed by atoms with Gasteiger partial charge in [0, 0.05) is 24.4 Å². The molecule has 1 aromatic heterocycles. The highest BCUT2D eigenvalue weighted by Gasteiger charge is 2.08. The molecule has 0 atom stereocenters. The van der Waals surface area contributed by atoms with Gasteiger partial charge in [-0.25, -0.2) is 4.68 Å². The molecule has 1 heterocycles. The molecule has 0 saturated heterocycles. The van der Waals surface area contributed by atoms with Crippen LogP contribution >= 0.6 is 35.8 Å². The lowest BCUT2D eigenvalue weighted by Crippen LogP contribution is -2.15. The van der Waals surface area contributed by atoms with E-state index in [9.17, 15) is 0 Å². The van der Waals surface area contributed by atoms with Crippen LogP contribution in [0, 0.1) is 0 Å². The Labute approximate surface area is 198 Å². The zero-order chi connectivity index (χ0) is 21.2. The maximum absolute atomic E-state index is 5.96. The van der Waals surface area contributed by atoms with Gasteiger partial charge < -0.3 is 14.8 Å². The summed E-state index contributed by atoms with van der Waals surface area (Å²) in [6.45, 7) is 4.71. The molecule has 7 nitrogen and oxygen atoms in total. The zero-order valence-corrected chi connectivity index (χ0v) is 20.0. The number of halogens is 2. The third kappa shape index (κ3) is 8.22. The van der Waals surface area contributed by atoms with Crippen LogP contribution < -0.4 is 14.8 Å². The quantitative estimate of drug-likeness (QED) is 0.299. The summed E-state index contributed by atoms with van der Waals surface area (Å²) in [5.41, 5.74) is 2.21. The lowest BCUT2D eigenvalue weighted by Gasteiger charge is -2.14. The summed E-state index contributed by atoms with van der Waals surface area (Å²) >= 11 is 7.59. The van der Waals surface area contributed by atoms with E-state index in [1.165, 1.54) is 0 Å². The van der Waals surface area contributed by atoms with Crippen LogP contribution in [0.1, 0.15) is 24.5 Å². The number of rotatable bonds is 12. The number of benzene rings is 2. The Balaban J connectivity index is 0.00000341. The number of hydrogen-bond acceptors (Lipinski definition) is 7. The van der Waals surface area contributed by atoms with E-state index >= 15 is 0 Å². The van der Waals surface area contributed by atoms with Gasteiger partial charge in [0.05, 0.1) is 6.61 Å². The second kappa shape index (κ2) is 13.4. The first-order valence-electron chi connectivity index (χ1n) is 9.84. The van der Waals surface area contributed by atoms with E-state index in [1.807, 2.05) is 50.4 Å². The minimum absolute atomic E-state index is 0. The van der Waals surface area contributed by atoms with Crippen molar-refractivity contribution in [2.75, 3.05) is 18.9 Å². The van der Waals surface area contributed by atoms with Crippen LogP contribution in [-0.2, 0) is 20.2 Å². The standard InChI is InChI=1S/C21H26ClN5O2S.ClH/c1-3-28-20-13-17(14-23-11-4-12-30-21-24-25-26-27(21)2)7-10-19(20)29-15-16-5-8-18(22)9-6-16;/h5-10,13,23H,3-4,11-12,14-15H2,1-2H3;1H. The number of aromatic nitrogens is 4. The number of ether oxygens (including phenoxy) is 2. The summed E-state index contributed by atoms with van der Waals surface area (Å²) < 4.78 is 13.4. The molecule has 0 aliphatic heterocycles. The molecule has 10 heteroatoms. The van der Waals surface area contributed by atoms with Crippen molar-refractivity contribution in [2.45, 2.75) is 31.7 Å². The molecule has 0 amide bonds. The highest BCUT2D eigenvalue weighted by molar-refractivity contribution is 7.99. The number of nitrogens with zero attached hydrogens (tertiary/aromatic N) is 4. The molecule has 31 heavy (non-hydrogen) atoms. The average Bonchev–Trinajstić information content (AvgIpc) is 3.16. The highest BCUT2D eigenvalue weighted by Crippen LogP contribution is 2.29. The number of aryl methyl sites for hydroxylation is 1. The lowest BCUT2D eigenvalue weighted by molar-refractivity contribution is 0.269. The van der Waals surface area contributed by atoms with E-state index in [4.69, 9.17) is 21.1 Å². The minimum Gasteiger partial charge on any atom is -0.490 e. The normalized spacial score (nSPS) is 10.5. The zero-order valence-electron chi connectivity index (χ0n) is 17.6. The van der Waals surface area contributed by atoms with Gasteiger partial charge in [-0.05, 0) is 65.7 Å². The van der Waals surface area contributed by atoms with Crippen molar-refractivity contribution < 1.29 is 9.47 Å². The summed E-state index contributed by atoms with van der Waals surface area (Å²) in [7, 11) is 1.85. The predicted molar refractivity (Wildman–Crippen MR) is 126 cm³/mol. The highest BCUT2D eigenvalue weighted by atomic mass is 35.5. The van der Waals surface area contributed by atoms with Gasteiger partial charge in [-0.15, -0.1) is 17.5 Å². The van der Waals surface area contributed by atoms with Crippen molar-refractivity contribution in [2.24, 2.45) is 7.05 Å². The smallest absolute Gasteiger partial charge is 0.209 e. The molecule has 0 unspecified atom stereocenters. The van der Waals surface area contributed by atoms with Gasteiger partial charge in [0.2, 0.25) is 5.16 Å². The van der Waals surface area contributed by atoms with Gasteiger partial charge in [-0.2, -0.15) is 0 Å². The molecular formula is C21H27Cl2N5O2S. The van der Waals surface area contributed by atoms with Gasteiger partial charge >= 0.3 is 0 Å². The van der Waals surface area contributed by atoms with Crippen molar-refractivity contribution in [3.8, 4) is 11.5 Å². The van der Waals surface area contributed by atoms with E-state index in [0.717, 1.165) is 58.1 Å². The van der Waals surface area contributed by atoms with Crippen molar-refractivity contribution in [1.82, 2.24) is 25.5 Å². The van der Waals surface area contributed by atoms with Crippen molar-refractivity contribution in [3.63, 3.8) is 0 Å². The SMILES string of the molecule is CCOc1cc(CNCCCSc2nnnn2C)ccc1OCc1ccc(Cl)cc1.Cl. The summed E-state index contributed by atoms with van der Waals surface area (Å²) in [4.78, 5) is 0. The van der Waals surface area contributed by atoms with Crippen LogP contribution in [-0.4, -0.2) is 39.1 Å². The lowest BCUT2D eigenvalue weighted by atomic mass is 10.2. The topological polar surface area (TPSA) is 74.1 Å². The Bertz CT molecular complexity index is 924.